The molecular formula is C29H24BrNO7. The van der Waals surface area contributed by atoms with Crippen molar-refractivity contribution in [2.45, 2.75) is 19.5 Å². The summed E-state index contributed by atoms with van der Waals surface area (Å²) in [7, 11) is 1.53. The Kier molecular flexibility index (Phi) is 6.86. The number of Topliss-reactive ketones (excluding diaryl/α,β-unsaturated/α-hetero) is 1. The fourth-order valence-corrected chi connectivity index (χ4v) is 5.02. The van der Waals surface area contributed by atoms with Crippen molar-refractivity contribution >= 4 is 38.6 Å². The highest BCUT2D eigenvalue weighted by atomic mass is 79.9. The number of furan rings is 1. The zero-order valence-electron chi connectivity index (χ0n) is 20.6. The molecule has 194 valence electrons. The minimum Gasteiger partial charge on any atom is -0.504 e. The quantitative estimate of drug-likeness (QED) is 0.244. The van der Waals surface area contributed by atoms with E-state index in [0.29, 0.717) is 34.5 Å². The van der Waals surface area contributed by atoms with Gasteiger partial charge in [0.05, 0.1) is 31.9 Å². The van der Waals surface area contributed by atoms with Crippen LogP contribution in [0.15, 0.2) is 87.0 Å². The van der Waals surface area contributed by atoms with Crippen LogP contribution in [0.5, 0.6) is 17.2 Å². The van der Waals surface area contributed by atoms with Gasteiger partial charge < -0.3 is 29.0 Å². The number of aliphatic hydroxyl groups excluding tert-OH is 1. The molecule has 1 unspecified atom stereocenters. The normalized spacial score (nSPS) is 15.4. The van der Waals surface area contributed by atoms with Crippen molar-refractivity contribution in [3.8, 4) is 17.2 Å². The van der Waals surface area contributed by atoms with Gasteiger partial charge in [-0.15, -0.1) is 0 Å². The van der Waals surface area contributed by atoms with Crippen LogP contribution in [0.3, 0.4) is 0 Å². The van der Waals surface area contributed by atoms with Gasteiger partial charge in [-0.2, -0.15) is 0 Å². The molecule has 1 aromatic heterocycles. The van der Waals surface area contributed by atoms with Crippen molar-refractivity contribution in [1.82, 2.24) is 4.90 Å². The van der Waals surface area contributed by atoms with Crippen LogP contribution in [0.4, 0.5) is 0 Å². The SMILES string of the molecule is CCOc1cc(C2C(C(=O)c3cc4cc(Br)ccc4o3)=C(O)C(=O)N2Cc2ccccc2OC)ccc1O. The molecule has 1 atom stereocenters. The lowest BCUT2D eigenvalue weighted by Crippen LogP contribution is -2.31. The number of phenols is 1. The van der Waals surface area contributed by atoms with E-state index < -0.39 is 23.5 Å². The summed E-state index contributed by atoms with van der Waals surface area (Å²) in [5.41, 5.74) is 1.52. The number of aliphatic hydroxyl groups is 1. The van der Waals surface area contributed by atoms with Gasteiger partial charge in [-0.1, -0.05) is 40.2 Å². The van der Waals surface area contributed by atoms with E-state index in [0.717, 1.165) is 4.47 Å². The van der Waals surface area contributed by atoms with E-state index in [-0.39, 0.29) is 29.4 Å². The van der Waals surface area contributed by atoms with Crippen molar-refractivity contribution in [2.75, 3.05) is 13.7 Å². The number of rotatable bonds is 8. The third kappa shape index (κ3) is 4.50. The lowest BCUT2D eigenvalue weighted by atomic mass is 9.94. The van der Waals surface area contributed by atoms with Crippen LogP contribution in [0.1, 0.15) is 34.6 Å². The fourth-order valence-electron chi connectivity index (χ4n) is 4.64. The van der Waals surface area contributed by atoms with Gasteiger partial charge in [0.15, 0.2) is 23.0 Å². The first-order chi connectivity index (χ1) is 18.3. The Morgan fingerprint density at radius 2 is 1.84 bits per heavy atom. The third-order valence-electron chi connectivity index (χ3n) is 6.38. The number of fused-ring (bicyclic) bond motifs is 1. The molecule has 0 aliphatic carbocycles. The molecule has 8 nitrogen and oxygen atoms in total. The largest absolute Gasteiger partial charge is 0.504 e. The van der Waals surface area contributed by atoms with Gasteiger partial charge in [0.1, 0.15) is 11.3 Å². The van der Waals surface area contributed by atoms with E-state index in [4.69, 9.17) is 13.9 Å². The number of para-hydroxylation sites is 1. The Balaban J connectivity index is 1.63. The fraction of sp³-hybridized carbons (Fsp3) is 0.172. The van der Waals surface area contributed by atoms with Crippen molar-refractivity contribution < 1.29 is 33.7 Å². The van der Waals surface area contributed by atoms with Crippen molar-refractivity contribution in [3.63, 3.8) is 0 Å². The number of phenolic OH excluding ortho intramolecular Hbond substituents is 1. The van der Waals surface area contributed by atoms with Gasteiger partial charge in [-0.25, -0.2) is 0 Å². The number of nitrogens with zero attached hydrogens (tertiary/aromatic N) is 1. The van der Waals surface area contributed by atoms with E-state index >= 15 is 0 Å². The first kappa shape index (κ1) is 25.4. The average molecular weight is 578 g/mol. The second kappa shape index (κ2) is 10.3. The van der Waals surface area contributed by atoms with Crippen LogP contribution in [-0.2, 0) is 11.3 Å². The van der Waals surface area contributed by atoms with Gasteiger partial charge in [-0.3, -0.25) is 9.59 Å². The Morgan fingerprint density at radius 1 is 1.05 bits per heavy atom. The predicted molar refractivity (Wildman–Crippen MR) is 143 cm³/mol. The number of hydrogen-bond acceptors (Lipinski definition) is 7. The smallest absolute Gasteiger partial charge is 0.290 e. The molecule has 0 radical (unpaired) electrons. The monoisotopic (exact) mass is 577 g/mol. The number of hydrogen-bond donors (Lipinski definition) is 2. The number of carbonyl (C=O) groups excluding carboxylic acids is 2. The number of benzene rings is 3. The molecule has 5 rings (SSSR count). The van der Waals surface area contributed by atoms with Crippen LogP contribution in [-0.4, -0.2) is 40.5 Å². The molecular weight excluding hydrogens is 554 g/mol. The molecule has 0 saturated heterocycles. The maximum Gasteiger partial charge on any atom is 0.290 e. The molecule has 1 amide bonds. The summed E-state index contributed by atoms with van der Waals surface area (Å²) >= 11 is 3.41. The average Bonchev–Trinajstić information content (AvgIpc) is 3.44. The van der Waals surface area contributed by atoms with Gasteiger partial charge in [-0.05, 0) is 55.0 Å². The van der Waals surface area contributed by atoms with Crippen LogP contribution in [0.2, 0.25) is 0 Å². The molecule has 3 aromatic carbocycles. The van der Waals surface area contributed by atoms with Gasteiger partial charge >= 0.3 is 0 Å². The van der Waals surface area contributed by atoms with E-state index in [9.17, 15) is 19.8 Å². The van der Waals surface area contributed by atoms with Crippen LogP contribution >= 0.6 is 15.9 Å². The lowest BCUT2D eigenvalue weighted by Gasteiger charge is -2.27. The third-order valence-corrected chi connectivity index (χ3v) is 6.88. The summed E-state index contributed by atoms with van der Waals surface area (Å²) < 4.78 is 17.6. The topological polar surface area (TPSA) is 109 Å². The zero-order chi connectivity index (χ0) is 27.0. The zero-order valence-corrected chi connectivity index (χ0v) is 22.2. The van der Waals surface area contributed by atoms with Crippen molar-refractivity contribution in [3.05, 3.63) is 99.4 Å². The second-order valence-corrected chi connectivity index (χ2v) is 9.61. The number of carbonyl (C=O) groups is 2. The molecule has 0 saturated carbocycles. The Morgan fingerprint density at radius 3 is 2.61 bits per heavy atom. The minimum absolute atomic E-state index is 0.0135. The Bertz CT molecular complexity index is 1590. The molecule has 1 aliphatic rings. The lowest BCUT2D eigenvalue weighted by molar-refractivity contribution is -0.130. The summed E-state index contributed by atoms with van der Waals surface area (Å²) in [6.45, 7) is 2.12. The van der Waals surface area contributed by atoms with E-state index in [2.05, 4.69) is 15.9 Å². The second-order valence-electron chi connectivity index (χ2n) is 8.69. The van der Waals surface area contributed by atoms with Crippen molar-refractivity contribution in [2.24, 2.45) is 0 Å². The van der Waals surface area contributed by atoms with Crippen LogP contribution in [0, 0.1) is 0 Å². The standard InChI is InChI=1S/C29H24BrNO7/c1-3-37-23-13-16(8-10-20(23)32)26-25(27(33)24-14-18-12-19(30)9-11-22(18)38-24)28(34)29(35)31(26)15-17-6-4-5-7-21(17)36-2/h4-14,26,32,34H,3,15H2,1-2H3. The van der Waals surface area contributed by atoms with E-state index in [1.54, 1.807) is 49.4 Å². The maximum absolute atomic E-state index is 13.8. The van der Waals surface area contributed by atoms with Crippen molar-refractivity contribution in [1.29, 1.82) is 0 Å². The highest BCUT2D eigenvalue weighted by Gasteiger charge is 2.45. The molecule has 9 heteroatoms. The Hall–Kier alpha value is -4.24. The first-order valence-corrected chi connectivity index (χ1v) is 12.7. The summed E-state index contributed by atoms with van der Waals surface area (Å²) in [5.74, 6) is -1.35. The molecule has 0 spiro atoms. The number of amides is 1. The van der Waals surface area contributed by atoms with E-state index in [1.807, 2.05) is 18.2 Å². The van der Waals surface area contributed by atoms with Gasteiger partial charge in [0, 0.05) is 15.4 Å². The maximum atomic E-state index is 13.8. The summed E-state index contributed by atoms with van der Waals surface area (Å²) in [6, 6.07) is 17.7. The minimum atomic E-state index is -0.986. The predicted octanol–water partition coefficient (Wildman–Crippen LogP) is 6.09. The van der Waals surface area contributed by atoms with E-state index in [1.165, 1.54) is 18.1 Å². The molecule has 38 heavy (non-hydrogen) atoms. The van der Waals surface area contributed by atoms with Crippen LogP contribution in [0.25, 0.3) is 11.0 Å². The molecule has 4 aromatic rings. The highest BCUT2D eigenvalue weighted by Crippen LogP contribution is 2.43. The number of methoxy groups -OCH3 is 1. The number of ketones is 1. The summed E-state index contributed by atoms with van der Waals surface area (Å²) in [4.78, 5) is 28.7. The number of ether oxygens (including phenoxy) is 2. The molecule has 2 heterocycles. The Labute approximate surface area is 226 Å². The highest BCUT2D eigenvalue weighted by molar-refractivity contribution is 9.10. The summed E-state index contributed by atoms with van der Waals surface area (Å²) in [5, 5.41) is 22.0. The molecule has 0 bridgehead atoms. The van der Waals surface area contributed by atoms with Gasteiger partial charge in [0.25, 0.3) is 5.91 Å². The molecule has 1 aliphatic heterocycles. The molecule has 2 N–H and O–H groups in total. The van der Waals surface area contributed by atoms with Crippen LogP contribution < -0.4 is 9.47 Å². The first-order valence-electron chi connectivity index (χ1n) is 11.9. The number of aromatic hydroxyl groups is 1. The summed E-state index contributed by atoms with van der Waals surface area (Å²) in [6.07, 6.45) is 0. The number of halogens is 1. The van der Waals surface area contributed by atoms with Gasteiger partial charge in [0.2, 0.25) is 5.78 Å². The molecule has 0 fully saturated rings.